The summed E-state index contributed by atoms with van der Waals surface area (Å²) in [6.45, 7) is 3.76. The van der Waals surface area contributed by atoms with Crippen molar-refractivity contribution >= 4 is 15.7 Å². The SMILES string of the molecule is COCC1(C(=O)NC2(C)CCS(=O)(=O)C2)CCNCC1. The lowest BCUT2D eigenvalue weighted by Gasteiger charge is -2.38. The fourth-order valence-electron chi connectivity index (χ4n) is 3.13. The van der Waals surface area contributed by atoms with Gasteiger partial charge < -0.3 is 15.4 Å². The highest BCUT2D eigenvalue weighted by molar-refractivity contribution is 7.91. The maximum Gasteiger partial charge on any atom is 0.229 e. The van der Waals surface area contributed by atoms with E-state index >= 15 is 0 Å². The van der Waals surface area contributed by atoms with E-state index in [9.17, 15) is 13.2 Å². The van der Waals surface area contributed by atoms with Crippen LogP contribution in [0.5, 0.6) is 0 Å². The lowest BCUT2D eigenvalue weighted by Crippen LogP contribution is -2.56. The predicted octanol–water partition coefficient (Wildman–Crippen LogP) is -0.304. The van der Waals surface area contributed by atoms with Gasteiger partial charge in [-0.05, 0) is 39.3 Å². The molecular formula is C13H24N2O4S. The Kier molecular flexibility index (Phi) is 4.41. The first-order valence-electron chi connectivity index (χ1n) is 7.04. The number of carbonyl (C=O) groups is 1. The molecule has 6 nitrogen and oxygen atoms in total. The average molecular weight is 304 g/mol. The van der Waals surface area contributed by atoms with Gasteiger partial charge in [-0.2, -0.15) is 0 Å². The molecule has 0 aromatic heterocycles. The summed E-state index contributed by atoms with van der Waals surface area (Å²) in [5.41, 5.74) is -1.17. The summed E-state index contributed by atoms with van der Waals surface area (Å²) >= 11 is 0. The molecule has 20 heavy (non-hydrogen) atoms. The fraction of sp³-hybridized carbons (Fsp3) is 0.923. The number of ether oxygens (including phenoxy) is 1. The smallest absolute Gasteiger partial charge is 0.229 e. The van der Waals surface area contributed by atoms with Gasteiger partial charge in [-0.25, -0.2) is 8.42 Å². The molecular weight excluding hydrogens is 280 g/mol. The lowest BCUT2D eigenvalue weighted by molar-refractivity contribution is -0.137. The van der Waals surface area contributed by atoms with Crippen LogP contribution in [0.3, 0.4) is 0 Å². The third-order valence-corrected chi connectivity index (χ3v) is 6.28. The van der Waals surface area contributed by atoms with Crippen molar-refractivity contribution in [1.82, 2.24) is 10.6 Å². The summed E-state index contributed by atoms with van der Waals surface area (Å²) < 4.78 is 28.5. The van der Waals surface area contributed by atoms with Crippen LogP contribution in [0, 0.1) is 5.41 Å². The van der Waals surface area contributed by atoms with Crippen LogP contribution in [0.4, 0.5) is 0 Å². The quantitative estimate of drug-likeness (QED) is 0.745. The molecule has 0 spiro atoms. The molecule has 0 aromatic rings. The van der Waals surface area contributed by atoms with Crippen molar-refractivity contribution in [3.8, 4) is 0 Å². The van der Waals surface area contributed by atoms with Crippen LogP contribution >= 0.6 is 0 Å². The van der Waals surface area contributed by atoms with E-state index in [4.69, 9.17) is 4.74 Å². The van der Waals surface area contributed by atoms with Crippen molar-refractivity contribution in [3.05, 3.63) is 0 Å². The van der Waals surface area contributed by atoms with Crippen molar-refractivity contribution < 1.29 is 17.9 Å². The molecule has 2 heterocycles. The summed E-state index contributed by atoms with van der Waals surface area (Å²) in [4.78, 5) is 12.7. The molecule has 0 bridgehead atoms. The van der Waals surface area contributed by atoms with Crippen LogP contribution in [0.2, 0.25) is 0 Å². The molecule has 0 saturated carbocycles. The van der Waals surface area contributed by atoms with Crippen LogP contribution < -0.4 is 10.6 Å². The first-order valence-corrected chi connectivity index (χ1v) is 8.86. The Balaban J connectivity index is 2.09. The number of amides is 1. The molecule has 0 aliphatic carbocycles. The Bertz CT molecular complexity index is 465. The van der Waals surface area contributed by atoms with Gasteiger partial charge in [0.15, 0.2) is 9.84 Å². The van der Waals surface area contributed by atoms with E-state index in [1.165, 1.54) is 0 Å². The fourth-order valence-corrected chi connectivity index (χ4v) is 5.23. The predicted molar refractivity (Wildman–Crippen MR) is 76.2 cm³/mol. The number of methoxy groups -OCH3 is 1. The molecule has 7 heteroatoms. The van der Waals surface area contributed by atoms with Gasteiger partial charge >= 0.3 is 0 Å². The van der Waals surface area contributed by atoms with Crippen molar-refractivity contribution in [3.63, 3.8) is 0 Å². The van der Waals surface area contributed by atoms with Gasteiger partial charge in [-0.15, -0.1) is 0 Å². The van der Waals surface area contributed by atoms with Gasteiger partial charge in [-0.1, -0.05) is 0 Å². The van der Waals surface area contributed by atoms with Crippen LogP contribution in [-0.2, 0) is 19.4 Å². The second kappa shape index (κ2) is 5.61. The normalized spacial score (nSPS) is 31.9. The van der Waals surface area contributed by atoms with E-state index in [1.54, 1.807) is 7.11 Å². The maximum atomic E-state index is 12.7. The van der Waals surface area contributed by atoms with Crippen molar-refractivity contribution in [1.29, 1.82) is 0 Å². The van der Waals surface area contributed by atoms with Gasteiger partial charge in [0.2, 0.25) is 5.91 Å². The standard InChI is InChI=1S/C13H24N2O4S/c1-12(5-8-20(17,18)10-12)15-11(16)13(9-19-2)3-6-14-7-4-13/h14H,3-10H2,1-2H3,(H,15,16). The van der Waals surface area contributed by atoms with Crippen LogP contribution in [0.15, 0.2) is 0 Å². The molecule has 2 aliphatic rings. The monoisotopic (exact) mass is 304 g/mol. The number of hydrogen-bond acceptors (Lipinski definition) is 5. The molecule has 2 fully saturated rings. The molecule has 0 aromatic carbocycles. The molecule has 1 unspecified atom stereocenters. The van der Waals surface area contributed by atoms with E-state index in [0.29, 0.717) is 13.0 Å². The largest absolute Gasteiger partial charge is 0.384 e. The molecule has 0 radical (unpaired) electrons. The second-order valence-electron chi connectivity index (χ2n) is 6.32. The Hall–Kier alpha value is -0.660. The molecule has 2 rings (SSSR count). The van der Waals surface area contributed by atoms with Gasteiger partial charge in [0.1, 0.15) is 0 Å². The maximum absolute atomic E-state index is 12.7. The second-order valence-corrected chi connectivity index (χ2v) is 8.50. The minimum absolute atomic E-state index is 0.0348. The molecule has 2 aliphatic heterocycles. The Morgan fingerprint density at radius 2 is 1.95 bits per heavy atom. The van der Waals surface area contributed by atoms with E-state index in [-0.39, 0.29) is 17.4 Å². The van der Waals surface area contributed by atoms with Crippen LogP contribution in [-0.4, -0.2) is 58.2 Å². The zero-order valence-corrected chi connectivity index (χ0v) is 13.0. The summed E-state index contributed by atoms with van der Waals surface area (Å²) in [5.74, 6) is 0.121. The van der Waals surface area contributed by atoms with E-state index in [1.807, 2.05) is 6.92 Å². The summed E-state index contributed by atoms with van der Waals surface area (Å²) in [7, 11) is -1.42. The Morgan fingerprint density at radius 3 is 2.45 bits per heavy atom. The van der Waals surface area contributed by atoms with Crippen molar-refractivity contribution in [2.24, 2.45) is 5.41 Å². The van der Waals surface area contributed by atoms with E-state index in [2.05, 4.69) is 10.6 Å². The number of sulfone groups is 1. The first-order chi connectivity index (χ1) is 9.31. The van der Waals surface area contributed by atoms with Crippen LogP contribution in [0.25, 0.3) is 0 Å². The number of piperidine rings is 1. The van der Waals surface area contributed by atoms with Crippen LogP contribution in [0.1, 0.15) is 26.2 Å². The van der Waals surface area contributed by atoms with Crippen molar-refractivity contribution in [2.75, 3.05) is 38.3 Å². The van der Waals surface area contributed by atoms with E-state index < -0.39 is 20.8 Å². The zero-order valence-electron chi connectivity index (χ0n) is 12.2. The molecule has 2 N–H and O–H groups in total. The first kappa shape index (κ1) is 15.7. The van der Waals surface area contributed by atoms with E-state index in [0.717, 1.165) is 25.9 Å². The highest BCUT2D eigenvalue weighted by atomic mass is 32.2. The summed E-state index contributed by atoms with van der Waals surface area (Å²) in [5, 5.41) is 6.22. The third-order valence-electron chi connectivity index (χ3n) is 4.38. The molecule has 116 valence electrons. The number of nitrogens with one attached hydrogen (secondary N) is 2. The minimum Gasteiger partial charge on any atom is -0.384 e. The topological polar surface area (TPSA) is 84.5 Å². The molecule has 2 saturated heterocycles. The highest BCUT2D eigenvalue weighted by Crippen LogP contribution is 2.32. The van der Waals surface area contributed by atoms with Gasteiger partial charge in [0.25, 0.3) is 0 Å². The van der Waals surface area contributed by atoms with Gasteiger partial charge in [-0.3, -0.25) is 4.79 Å². The van der Waals surface area contributed by atoms with Crippen molar-refractivity contribution in [2.45, 2.75) is 31.7 Å². The Labute approximate surface area is 120 Å². The number of carbonyl (C=O) groups excluding carboxylic acids is 1. The summed E-state index contributed by atoms with van der Waals surface area (Å²) in [6.07, 6.45) is 1.92. The highest BCUT2D eigenvalue weighted by Gasteiger charge is 2.45. The molecule has 1 atom stereocenters. The average Bonchev–Trinajstić information content (AvgIpc) is 2.65. The third kappa shape index (κ3) is 3.32. The minimum atomic E-state index is -3.02. The molecule has 1 amide bonds. The number of hydrogen-bond donors (Lipinski definition) is 2. The Morgan fingerprint density at radius 1 is 1.30 bits per heavy atom. The lowest BCUT2D eigenvalue weighted by atomic mass is 9.78. The van der Waals surface area contributed by atoms with Gasteiger partial charge in [0.05, 0.1) is 29.1 Å². The summed E-state index contributed by atoms with van der Waals surface area (Å²) in [6, 6.07) is 0. The number of rotatable bonds is 4. The zero-order chi connectivity index (χ0) is 14.9. The van der Waals surface area contributed by atoms with Gasteiger partial charge in [0, 0.05) is 7.11 Å².